The van der Waals surface area contributed by atoms with Crippen molar-refractivity contribution >= 4 is 34.6 Å². The average molecular weight is 353 g/mol. The minimum absolute atomic E-state index is 0.0703. The number of benzene rings is 2. The Bertz CT molecular complexity index is 752. The second-order valence-corrected chi connectivity index (χ2v) is 6.75. The van der Waals surface area contributed by atoms with Crippen molar-refractivity contribution in [3.8, 4) is 0 Å². The highest BCUT2D eigenvalue weighted by molar-refractivity contribution is 7.80. The van der Waals surface area contributed by atoms with Crippen LogP contribution in [0.1, 0.15) is 35.2 Å². The number of thiocarbonyl (C=S) groups is 1. The van der Waals surface area contributed by atoms with Gasteiger partial charge in [-0.25, -0.2) is 0 Å². The molecule has 0 bridgehead atoms. The van der Waals surface area contributed by atoms with Gasteiger partial charge in [-0.1, -0.05) is 29.8 Å². The summed E-state index contributed by atoms with van der Waals surface area (Å²) in [6.07, 6.45) is 3.36. The number of rotatable bonds is 3. The van der Waals surface area contributed by atoms with E-state index in [2.05, 4.69) is 10.6 Å². The Balaban J connectivity index is 1.70. The highest BCUT2D eigenvalue weighted by atomic mass is 32.1. The smallest absolute Gasteiger partial charge is 0.255 e. The molecule has 0 unspecified atom stereocenters. The molecular weight excluding hydrogens is 330 g/mol. The molecule has 1 fully saturated rings. The number of nitrogens with zero attached hydrogens (tertiary/aromatic N) is 1. The van der Waals surface area contributed by atoms with E-state index in [-0.39, 0.29) is 5.91 Å². The second-order valence-electron chi connectivity index (χ2n) is 6.34. The molecule has 2 aromatic carbocycles. The number of nitrogens with one attached hydrogen (secondary N) is 2. The monoisotopic (exact) mass is 353 g/mol. The van der Waals surface area contributed by atoms with E-state index in [9.17, 15) is 4.79 Å². The molecule has 1 heterocycles. The first-order valence-electron chi connectivity index (χ1n) is 8.66. The van der Waals surface area contributed by atoms with E-state index in [4.69, 9.17) is 12.2 Å². The number of anilines is 2. The molecule has 0 saturated carbocycles. The zero-order valence-electron chi connectivity index (χ0n) is 14.4. The minimum Gasteiger partial charge on any atom is -0.339 e. The lowest BCUT2D eigenvalue weighted by Gasteiger charge is -2.27. The number of aryl methyl sites for hydroxylation is 1. The van der Waals surface area contributed by atoms with E-state index in [1.165, 1.54) is 12.0 Å². The fraction of sp³-hybridized carbons (Fsp3) is 0.300. The topological polar surface area (TPSA) is 44.4 Å². The summed E-state index contributed by atoms with van der Waals surface area (Å²) < 4.78 is 0. The van der Waals surface area contributed by atoms with E-state index in [1.807, 2.05) is 60.4 Å². The van der Waals surface area contributed by atoms with Crippen LogP contribution in [0.2, 0.25) is 0 Å². The summed E-state index contributed by atoms with van der Waals surface area (Å²) in [5.41, 5.74) is 3.52. The molecule has 3 rings (SSSR count). The molecule has 0 spiro atoms. The van der Waals surface area contributed by atoms with Crippen molar-refractivity contribution < 1.29 is 4.79 Å². The third-order valence-corrected chi connectivity index (χ3v) is 4.56. The van der Waals surface area contributed by atoms with Crippen molar-refractivity contribution in [3.05, 3.63) is 59.7 Å². The highest BCUT2D eigenvalue weighted by Gasteiger charge is 2.20. The van der Waals surface area contributed by atoms with Gasteiger partial charge in [0.05, 0.1) is 11.3 Å². The summed E-state index contributed by atoms with van der Waals surface area (Å²) in [6, 6.07) is 15.6. The zero-order chi connectivity index (χ0) is 17.6. The van der Waals surface area contributed by atoms with Gasteiger partial charge < -0.3 is 15.5 Å². The molecule has 1 amide bonds. The fourth-order valence-electron chi connectivity index (χ4n) is 2.97. The van der Waals surface area contributed by atoms with Crippen LogP contribution in [0.5, 0.6) is 0 Å². The Labute approximate surface area is 154 Å². The Morgan fingerprint density at radius 3 is 2.36 bits per heavy atom. The van der Waals surface area contributed by atoms with Crippen LogP contribution in [-0.4, -0.2) is 29.0 Å². The van der Waals surface area contributed by atoms with Crippen LogP contribution >= 0.6 is 12.2 Å². The van der Waals surface area contributed by atoms with Gasteiger partial charge in [0, 0.05) is 18.8 Å². The number of piperidine rings is 1. The van der Waals surface area contributed by atoms with E-state index in [0.29, 0.717) is 10.7 Å². The van der Waals surface area contributed by atoms with Crippen LogP contribution in [0, 0.1) is 6.92 Å². The number of carbonyl (C=O) groups is 1. The Hall–Kier alpha value is -2.40. The van der Waals surface area contributed by atoms with Gasteiger partial charge in [0.1, 0.15) is 0 Å². The molecule has 1 aliphatic heterocycles. The third-order valence-electron chi connectivity index (χ3n) is 4.36. The molecule has 0 radical (unpaired) electrons. The number of carbonyl (C=O) groups excluding carboxylic acids is 1. The molecule has 1 saturated heterocycles. The summed E-state index contributed by atoms with van der Waals surface area (Å²) in [7, 11) is 0. The third kappa shape index (κ3) is 4.57. The van der Waals surface area contributed by atoms with Gasteiger partial charge in [-0.05, 0) is 62.7 Å². The number of likely N-dealkylation sites (tertiary alicyclic amines) is 1. The number of para-hydroxylation sites is 1. The molecule has 1 aliphatic rings. The van der Waals surface area contributed by atoms with Gasteiger partial charge in [0.15, 0.2) is 5.11 Å². The Kier molecular flexibility index (Phi) is 5.66. The van der Waals surface area contributed by atoms with Gasteiger partial charge in [0.25, 0.3) is 5.91 Å². The van der Waals surface area contributed by atoms with Crippen LogP contribution in [0.4, 0.5) is 11.4 Å². The van der Waals surface area contributed by atoms with Crippen molar-refractivity contribution in [1.29, 1.82) is 0 Å². The van der Waals surface area contributed by atoms with E-state index < -0.39 is 0 Å². The largest absolute Gasteiger partial charge is 0.339 e. The first-order valence-corrected chi connectivity index (χ1v) is 9.07. The van der Waals surface area contributed by atoms with Gasteiger partial charge in [-0.15, -0.1) is 0 Å². The first kappa shape index (κ1) is 17.4. The molecule has 25 heavy (non-hydrogen) atoms. The van der Waals surface area contributed by atoms with Crippen LogP contribution in [0.25, 0.3) is 0 Å². The molecule has 2 N–H and O–H groups in total. The van der Waals surface area contributed by atoms with Gasteiger partial charge in [-0.2, -0.15) is 0 Å². The molecule has 4 nitrogen and oxygen atoms in total. The lowest BCUT2D eigenvalue weighted by Crippen LogP contribution is -2.36. The normalized spacial score (nSPS) is 14.0. The summed E-state index contributed by atoms with van der Waals surface area (Å²) in [6.45, 7) is 3.71. The maximum atomic E-state index is 12.8. The lowest BCUT2D eigenvalue weighted by molar-refractivity contribution is 0.0725. The predicted octanol–water partition coefficient (Wildman–Crippen LogP) is 4.43. The average Bonchev–Trinajstić information content (AvgIpc) is 2.64. The quantitative estimate of drug-likeness (QED) is 0.801. The van der Waals surface area contributed by atoms with E-state index >= 15 is 0 Å². The molecule has 2 aromatic rings. The van der Waals surface area contributed by atoms with Gasteiger partial charge in [-0.3, -0.25) is 4.79 Å². The molecule has 0 atom stereocenters. The minimum atomic E-state index is 0.0703. The predicted molar refractivity (Wildman–Crippen MR) is 107 cm³/mol. The maximum Gasteiger partial charge on any atom is 0.255 e. The van der Waals surface area contributed by atoms with Crippen molar-refractivity contribution in [1.82, 2.24) is 4.90 Å². The lowest BCUT2D eigenvalue weighted by atomic mass is 10.1. The summed E-state index contributed by atoms with van der Waals surface area (Å²) in [5.74, 6) is 0.0703. The Morgan fingerprint density at radius 1 is 0.960 bits per heavy atom. The SMILES string of the molecule is Cc1ccc(NC(=S)Nc2ccccc2C(=O)N2CCCCC2)cc1. The molecular formula is C20H23N3OS. The van der Waals surface area contributed by atoms with Crippen LogP contribution < -0.4 is 10.6 Å². The zero-order valence-corrected chi connectivity index (χ0v) is 15.2. The standard InChI is InChI=1S/C20H23N3OS/c1-15-9-11-16(12-10-15)21-20(25)22-18-8-4-3-7-17(18)19(24)23-13-5-2-6-14-23/h3-4,7-12H,2,5-6,13-14H2,1H3,(H2,21,22,25). The fourth-order valence-corrected chi connectivity index (χ4v) is 3.20. The van der Waals surface area contributed by atoms with Crippen molar-refractivity contribution in [2.45, 2.75) is 26.2 Å². The summed E-state index contributed by atoms with van der Waals surface area (Å²) in [4.78, 5) is 14.8. The molecule has 0 aliphatic carbocycles. The summed E-state index contributed by atoms with van der Waals surface area (Å²) >= 11 is 5.41. The van der Waals surface area contributed by atoms with Gasteiger partial charge >= 0.3 is 0 Å². The number of amides is 1. The summed E-state index contributed by atoms with van der Waals surface area (Å²) in [5, 5.41) is 6.80. The van der Waals surface area contributed by atoms with Gasteiger partial charge in [0.2, 0.25) is 0 Å². The molecule has 0 aromatic heterocycles. The van der Waals surface area contributed by atoms with Crippen LogP contribution in [0.3, 0.4) is 0 Å². The first-order chi connectivity index (χ1) is 12.1. The molecule has 5 heteroatoms. The number of hydrogen-bond donors (Lipinski definition) is 2. The molecule has 130 valence electrons. The van der Waals surface area contributed by atoms with Crippen LogP contribution in [-0.2, 0) is 0 Å². The number of hydrogen-bond acceptors (Lipinski definition) is 2. The Morgan fingerprint density at radius 2 is 1.64 bits per heavy atom. The van der Waals surface area contributed by atoms with E-state index in [0.717, 1.165) is 37.3 Å². The van der Waals surface area contributed by atoms with Crippen LogP contribution in [0.15, 0.2) is 48.5 Å². The highest BCUT2D eigenvalue weighted by Crippen LogP contribution is 2.20. The van der Waals surface area contributed by atoms with Crippen molar-refractivity contribution in [2.24, 2.45) is 0 Å². The second kappa shape index (κ2) is 8.12. The van der Waals surface area contributed by atoms with Crippen molar-refractivity contribution in [3.63, 3.8) is 0 Å². The van der Waals surface area contributed by atoms with Crippen molar-refractivity contribution in [2.75, 3.05) is 23.7 Å². The maximum absolute atomic E-state index is 12.8. The van der Waals surface area contributed by atoms with E-state index in [1.54, 1.807) is 0 Å².